The molecule has 0 radical (unpaired) electrons. The fraction of sp³-hybridized carbons (Fsp3) is 0.571. The summed E-state index contributed by atoms with van der Waals surface area (Å²) in [7, 11) is 1.68. The van der Waals surface area contributed by atoms with E-state index in [-0.39, 0.29) is 12.6 Å². The molecule has 0 bridgehead atoms. The Morgan fingerprint density at radius 3 is 2.47 bits per heavy atom. The van der Waals surface area contributed by atoms with Gasteiger partial charge in [0.1, 0.15) is 0 Å². The monoisotopic (exact) mass is 274 g/mol. The second-order valence-corrected chi connectivity index (χ2v) is 4.79. The molecule has 1 unspecified atom stereocenters. The van der Waals surface area contributed by atoms with Crippen LogP contribution in [-0.4, -0.2) is 25.8 Å². The fourth-order valence-electron chi connectivity index (χ4n) is 1.90. The number of nitrogens with zero attached hydrogens (tertiary/aromatic N) is 1. The van der Waals surface area contributed by atoms with Crippen LogP contribution in [-0.2, 0) is 6.42 Å². The van der Waals surface area contributed by atoms with E-state index in [0.29, 0.717) is 6.42 Å². The van der Waals surface area contributed by atoms with Crippen LogP contribution in [0.4, 0.5) is 18.9 Å². The third-order valence-electron chi connectivity index (χ3n) is 3.14. The topological polar surface area (TPSA) is 29.3 Å². The number of halogens is 3. The lowest BCUT2D eigenvalue weighted by Crippen LogP contribution is -2.27. The Kier molecular flexibility index (Phi) is 5.66. The quantitative estimate of drug-likeness (QED) is 0.862. The first-order chi connectivity index (χ1) is 8.83. The number of nitrogens with two attached hydrogens (primary N) is 1. The number of rotatable bonds is 6. The molecule has 0 aliphatic rings. The molecule has 1 atom stereocenters. The fourth-order valence-corrected chi connectivity index (χ4v) is 1.90. The maximum absolute atomic E-state index is 12.3. The zero-order valence-electron chi connectivity index (χ0n) is 11.4. The van der Waals surface area contributed by atoms with E-state index in [1.165, 1.54) is 0 Å². The highest BCUT2D eigenvalue weighted by Crippen LogP contribution is 2.24. The molecule has 0 saturated heterocycles. The van der Waals surface area contributed by atoms with Gasteiger partial charge in [0.15, 0.2) is 0 Å². The van der Waals surface area contributed by atoms with E-state index in [4.69, 9.17) is 5.73 Å². The molecule has 19 heavy (non-hydrogen) atoms. The van der Waals surface area contributed by atoms with Crippen LogP contribution < -0.4 is 10.6 Å². The molecule has 2 nitrogen and oxygen atoms in total. The summed E-state index contributed by atoms with van der Waals surface area (Å²) in [5.74, 6) is 0. The highest BCUT2D eigenvalue weighted by molar-refractivity contribution is 5.53. The predicted molar refractivity (Wildman–Crippen MR) is 72.4 cm³/mol. The molecule has 108 valence electrons. The van der Waals surface area contributed by atoms with Gasteiger partial charge in [0.2, 0.25) is 0 Å². The van der Waals surface area contributed by atoms with Crippen LogP contribution in [0.5, 0.6) is 0 Å². The molecule has 1 aromatic rings. The van der Waals surface area contributed by atoms with Gasteiger partial charge in [0, 0.05) is 25.3 Å². The lowest BCUT2D eigenvalue weighted by molar-refractivity contribution is -0.132. The highest BCUT2D eigenvalue weighted by atomic mass is 19.4. The number of benzene rings is 1. The molecule has 0 aromatic heterocycles. The SMILES string of the molecule is CCC(N)Cc1ccccc1N(C)CCC(F)(F)F. The third-order valence-corrected chi connectivity index (χ3v) is 3.14. The summed E-state index contributed by atoms with van der Waals surface area (Å²) in [5, 5.41) is 0. The van der Waals surface area contributed by atoms with E-state index < -0.39 is 12.6 Å². The van der Waals surface area contributed by atoms with Gasteiger partial charge in [-0.05, 0) is 24.5 Å². The Morgan fingerprint density at radius 2 is 1.89 bits per heavy atom. The molecule has 5 heteroatoms. The lowest BCUT2D eigenvalue weighted by Gasteiger charge is -2.24. The average Bonchev–Trinajstić information content (AvgIpc) is 2.35. The van der Waals surface area contributed by atoms with Crippen LogP contribution >= 0.6 is 0 Å². The first-order valence-electron chi connectivity index (χ1n) is 6.45. The minimum atomic E-state index is -4.12. The standard InChI is InChI=1S/C14H21F3N2/c1-3-12(18)10-11-6-4-5-7-13(11)19(2)9-8-14(15,16)17/h4-7,12H,3,8-10,18H2,1-2H3. The first-order valence-corrected chi connectivity index (χ1v) is 6.45. The molecule has 2 N–H and O–H groups in total. The molecule has 0 spiro atoms. The van der Waals surface area contributed by atoms with Crippen molar-refractivity contribution in [2.45, 2.75) is 38.4 Å². The number of hydrogen-bond donors (Lipinski definition) is 1. The van der Waals surface area contributed by atoms with Crippen LogP contribution in [0.15, 0.2) is 24.3 Å². The summed E-state index contributed by atoms with van der Waals surface area (Å²) in [6.45, 7) is 1.96. The molecule has 1 aromatic carbocycles. The zero-order chi connectivity index (χ0) is 14.5. The Bertz CT molecular complexity index is 391. The summed E-state index contributed by atoms with van der Waals surface area (Å²) < 4.78 is 36.8. The van der Waals surface area contributed by atoms with Crippen molar-refractivity contribution in [3.8, 4) is 0 Å². The van der Waals surface area contributed by atoms with Crippen molar-refractivity contribution in [3.05, 3.63) is 29.8 Å². The third kappa shape index (κ3) is 5.51. The van der Waals surface area contributed by atoms with Gasteiger partial charge in [-0.25, -0.2) is 0 Å². The predicted octanol–water partition coefficient (Wildman–Crippen LogP) is 3.36. The van der Waals surface area contributed by atoms with Crippen molar-refractivity contribution in [3.63, 3.8) is 0 Å². The van der Waals surface area contributed by atoms with Crippen LogP contribution in [0.1, 0.15) is 25.3 Å². The van der Waals surface area contributed by atoms with Crippen molar-refractivity contribution in [2.24, 2.45) is 5.73 Å². The molecule has 0 fully saturated rings. The number of anilines is 1. The van der Waals surface area contributed by atoms with Gasteiger partial charge in [0.05, 0.1) is 6.42 Å². The van der Waals surface area contributed by atoms with Gasteiger partial charge in [-0.3, -0.25) is 0 Å². The summed E-state index contributed by atoms with van der Waals surface area (Å²) in [5.41, 5.74) is 7.75. The number of para-hydroxylation sites is 1. The van der Waals surface area contributed by atoms with E-state index >= 15 is 0 Å². The lowest BCUT2D eigenvalue weighted by atomic mass is 10.0. The van der Waals surface area contributed by atoms with Gasteiger partial charge in [-0.2, -0.15) is 13.2 Å². The molecule has 0 amide bonds. The van der Waals surface area contributed by atoms with Gasteiger partial charge < -0.3 is 10.6 Å². The minimum Gasteiger partial charge on any atom is -0.374 e. The molecular formula is C14H21F3N2. The van der Waals surface area contributed by atoms with Gasteiger partial charge in [-0.15, -0.1) is 0 Å². The first kappa shape index (κ1) is 15.8. The van der Waals surface area contributed by atoms with Crippen LogP contribution in [0.3, 0.4) is 0 Å². The average molecular weight is 274 g/mol. The van der Waals surface area contributed by atoms with Crippen LogP contribution in [0, 0.1) is 0 Å². The van der Waals surface area contributed by atoms with Crippen molar-refractivity contribution in [1.82, 2.24) is 0 Å². The number of hydrogen-bond acceptors (Lipinski definition) is 2. The Hall–Kier alpha value is -1.23. The molecule has 0 saturated carbocycles. The number of alkyl halides is 3. The van der Waals surface area contributed by atoms with Crippen LogP contribution in [0.2, 0.25) is 0 Å². The summed E-state index contributed by atoms with van der Waals surface area (Å²) >= 11 is 0. The molecule has 0 aliphatic carbocycles. The summed E-state index contributed by atoms with van der Waals surface area (Å²) in [4.78, 5) is 1.64. The van der Waals surface area contributed by atoms with E-state index in [1.807, 2.05) is 31.2 Å². The molecular weight excluding hydrogens is 253 g/mol. The van der Waals surface area contributed by atoms with Gasteiger partial charge >= 0.3 is 6.18 Å². The smallest absolute Gasteiger partial charge is 0.374 e. The Balaban J connectivity index is 2.75. The minimum absolute atomic E-state index is 0.0390. The van der Waals surface area contributed by atoms with Crippen molar-refractivity contribution in [1.29, 1.82) is 0 Å². The van der Waals surface area contributed by atoms with E-state index in [0.717, 1.165) is 17.7 Å². The Morgan fingerprint density at radius 1 is 1.26 bits per heavy atom. The second-order valence-electron chi connectivity index (χ2n) is 4.79. The maximum atomic E-state index is 12.3. The molecule has 1 rings (SSSR count). The largest absolute Gasteiger partial charge is 0.390 e. The van der Waals surface area contributed by atoms with E-state index in [1.54, 1.807) is 11.9 Å². The van der Waals surface area contributed by atoms with E-state index in [2.05, 4.69) is 0 Å². The zero-order valence-corrected chi connectivity index (χ0v) is 11.4. The van der Waals surface area contributed by atoms with Crippen molar-refractivity contribution in [2.75, 3.05) is 18.5 Å². The van der Waals surface area contributed by atoms with Gasteiger partial charge in [-0.1, -0.05) is 25.1 Å². The molecule has 0 aliphatic heterocycles. The molecule has 0 heterocycles. The summed E-state index contributed by atoms with van der Waals surface area (Å²) in [6.07, 6.45) is -3.40. The second kappa shape index (κ2) is 6.80. The summed E-state index contributed by atoms with van der Waals surface area (Å²) in [6, 6.07) is 7.53. The Labute approximate surface area is 112 Å². The van der Waals surface area contributed by atoms with Crippen LogP contribution in [0.25, 0.3) is 0 Å². The maximum Gasteiger partial charge on any atom is 0.390 e. The van der Waals surface area contributed by atoms with Crippen molar-refractivity contribution < 1.29 is 13.2 Å². The normalized spacial score (nSPS) is 13.4. The highest BCUT2D eigenvalue weighted by Gasteiger charge is 2.27. The van der Waals surface area contributed by atoms with E-state index in [9.17, 15) is 13.2 Å². The van der Waals surface area contributed by atoms with Gasteiger partial charge in [0.25, 0.3) is 0 Å². The van der Waals surface area contributed by atoms with Crippen molar-refractivity contribution >= 4 is 5.69 Å².